The monoisotopic (exact) mass is 368 g/mol. The Bertz CT molecular complexity index is 406. The van der Waals surface area contributed by atoms with Crippen LogP contribution in [-0.4, -0.2) is 106 Å². The maximum Gasteiger partial charge on any atom is 0.187 e. The normalized spacial score (nSPS) is 48.5. The first-order chi connectivity index (χ1) is 11.9. The highest BCUT2D eigenvalue weighted by atomic mass is 16.7. The van der Waals surface area contributed by atoms with Crippen LogP contribution in [0.25, 0.3) is 0 Å². The van der Waals surface area contributed by atoms with E-state index in [9.17, 15) is 30.6 Å². The van der Waals surface area contributed by atoms with Crippen molar-refractivity contribution in [3.63, 3.8) is 0 Å². The van der Waals surface area contributed by atoms with Crippen molar-refractivity contribution in [2.24, 2.45) is 5.92 Å². The van der Waals surface area contributed by atoms with E-state index in [-0.39, 0.29) is 6.61 Å². The van der Waals surface area contributed by atoms with Crippen molar-refractivity contribution in [2.45, 2.75) is 68.7 Å². The van der Waals surface area contributed by atoms with E-state index in [1.54, 1.807) is 6.92 Å². The van der Waals surface area contributed by atoms with Crippen LogP contribution in [-0.2, 0) is 18.9 Å². The highest BCUT2D eigenvalue weighted by molar-refractivity contribution is 4.93. The molecular weight excluding hydrogens is 340 g/mol. The molecule has 4 unspecified atom stereocenters. The molecule has 148 valence electrons. The Hall–Kier alpha value is -0.400. The molecule has 0 bridgehead atoms. The molecule has 0 radical (unpaired) electrons. The molecule has 0 aromatic rings. The fourth-order valence-electron chi connectivity index (χ4n) is 3.35. The van der Waals surface area contributed by atoms with Gasteiger partial charge < -0.3 is 49.6 Å². The van der Waals surface area contributed by atoms with Crippen LogP contribution in [0.2, 0.25) is 0 Å². The van der Waals surface area contributed by atoms with Gasteiger partial charge in [0, 0.05) is 13.0 Å². The van der Waals surface area contributed by atoms with Gasteiger partial charge in [0.1, 0.15) is 30.5 Å². The minimum atomic E-state index is -1.49. The van der Waals surface area contributed by atoms with Crippen LogP contribution in [0.1, 0.15) is 13.3 Å². The van der Waals surface area contributed by atoms with Crippen molar-refractivity contribution in [1.29, 1.82) is 0 Å². The molecule has 2 fully saturated rings. The van der Waals surface area contributed by atoms with Crippen LogP contribution in [0.3, 0.4) is 0 Å². The van der Waals surface area contributed by atoms with Crippen LogP contribution in [0.5, 0.6) is 0 Å². The summed E-state index contributed by atoms with van der Waals surface area (Å²) in [7, 11) is 1.28. The van der Waals surface area contributed by atoms with Gasteiger partial charge in [0.25, 0.3) is 0 Å². The minimum absolute atomic E-state index is 0.385. The van der Waals surface area contributed by atoms with E-state index in [1.165, 1.54) is 7.11 Å². The van der Waals surface area contributed by atoms with Gasteiger partial charge in [0.2, 0.25) is 0 Å². The molecule has 6 N–H and O–H groups in total. The first-order valence-electron chi connectivity index (χ1n) is 8.32. The van der Waals surface area contributed by atoms with Gasteiger partial charge >= 0.3 is 0 Å². The lowest BCUT2D eigenvalue weighted by atomic mass is 9.87. The summed E-state index contributed by atoms with van der Waals surface area (Å²) in [5.74, 6) is -0.482. The van der Waals surface area contributed by atoms with E-state index in [2.05, 4.69) is 0 Å². The summed E-state index contributed by atoms with van der Waals surface area (Å²) in [5.41, 5.74) is 0. The average Bonchev–Trinajstić information content (AvgIpc) is 2.62. The number of rotatable bonds is 6. The summed E-state index contributed by atoms with van der Waals surface area (Å²) < 4.78 is 21.3. The Balaban J connectivity index is 2.13. The third-order valence-electron chi connectivity index (χ3n) is 4.85. The molecule has 2 heterocycles. The predicted octanol–water partition coefficient (Wildman–Crippen LogP) is -3.08. The minimum Gasteiger partial charge on any atom is -0.394 e. The second-order valence-corrected chi connectivity index (χ2v) is 6.32. The van der Waals surface area contributed by atoms with Crippen LogP contribution in [0.15, 0.2) is 0 Å². The maximum absolute atomic E-state index is 10.2. The Morgan fingerprint density at radius 3 is 1.88 bits per heavy atom. The molecule has 0 spiro atoms. The highest BCUT2D eigenvalue weighted by Gasteiger charge is 2.50. The number of aliphatic hydroxyl groups is 6. The van der Waals surface area contributed by atoms with E-state index < -0.39 is 67.8 Å². The molecule has 2 rings (SSSR count). The van der Waals surface area contributed by atoms with Gasteiger partial charge in [0.15, 0.2) is 12.6 Å². The largest absolute Gasteiger partial charge is 0.394 e. The molecule has 10 heteroatoms. The molecule has 0 aromatic carbocycles. The highest BCUT2D eigenvalue weighted by Crippen LogP contribution is 2.32. The number of hydrogen-bond acceptors (Lipinski definition) is 10. The molecule has 0 saturated carbocycles. The smallest absolute Gasteiger partial charge is 0.187 e. The van der Waals surface area contributed by atoms with Gasteiger partial charge in [-0.1, -0.05) is 6.92 Å². The summed E-state index contributed by atoms with van der Waals surface area (Å²) in [6.07, 6.45) is -10.7. The number of aliphatic hydroxyl groups excluding tert-OH is 6. The van der Waals surface area contributed by atoms with Crippen molar-refractivity contribution < 1.29 is 49.6 Å². The standard InChI is InChI=1S/C15H28O10/c1-3-6-7(4-16)23-15(11(20)9(6)18)25-13-8(5-17)24-14(22-2)12(21)10(13)19/h6-21H,3-5H2,1-2H3/t6-,7?,8-,9+,10?,11?,12?,13+,14-,15-/m0/s1. The second-order valence-electron chi connectivity index (χ2n) is 6.32. The van der Waals surface area contributed by atoms with Crippen LogP contribution < -0.4 is 0 Å². The molecule has 25 heavy (non-hydrogen) atoms. The SMILES string of the molecule is CC[C@H]1C(CO)O[C@@H](O[C@H]2C(O)C(O)[C@@H](OC)O[C@H]2CO)C(O)[C@@H]1O. The van der Waals surface area contributed by atoms with Gasteiger partial charge in [0.05, 0.1) is 25.4 Å². The first kappa shape index (κ1) is 20.9. The molecular formula is C15H28O10. The molecule has 0 aromatic heterocycles. The van der Waals surface area contributed by atoms with E-state index in [1.807, 2.05) is 0 Å². The summed E-state index contributed by atoms with van der Waals surface area (Å²) in [5, 5.41) is 59.6. The fraction of sp³-hybridized carbons (Fsp3) is 1.00. The zero-order valence-electron chi connectivity index (χ0n) is 14.2. The Labute approximate surface area is 145 Å². The van der Waals surface area contributed by atoms with Gasteiger partial charge in [-0.3, -0.25) is 0 Å². The molecule has 2 aliphatic heterocycles. The van der Waals surface area contributed by atoms with Crippen molar-refractivity contribution >= 4 is 0 Å². The third-order valence-corrected chi connectivity index (χ3v) is 4.85. The molecule has 2 saturated heterocycles. The lowest BCUT2D eigenvalue weighted by molar-refractivity contribution is -0.354. The van der Waals surface area contributed by atoms with Gasteiger partial charge in [-0.05, 0) is 6.42 Å². The molecule has 0 amide bonds. The molecule has 10 atom stereocenters. The van der Waals surface area contributed by atoms with Crippen LogP contribution >= 0.6 is 0 Å². The first-order valence-corrected chi connectivity index (χ1v) is 8.32. The Morgan fingerprint density at radius 2 is 1.36 bits per heavy atom. The Morgan fingerprint density at radius 1 is 0.800 bits per heavy atom. The van der Waals surface area contributed by atoms with E-state index >= 15 is 0 Å². The van der Waals surface area contributed by atoms with Crippen LogP contribution in [0, 0.1) is 5.92 Å². The lowest BCUT2D eigenvalue weighted by Crippen LogP contribution is -2.63. The second kappa shape index (κ2) is 9.00. The van der Waals surface area contributed by atoms with Crippen LogP contribution in [0.4, 0.5) is 0 Å². The summed E-state index contributed by atoms with van der Waals surface area (Å²) in [6, 6.07) is 0. The van der Waals surface area contributed by atoms with Crippen molar-refractivity contribution in [3.05, 3.63) is 0 Å². The maximum atomic E-state index is 10.2. The van der Waals surface area contributed by atoms with Gasteiger partial charge in [-0.15, -0.1) is 0 Å². The molecule has 0 aliphatic carbocycles. The van der Waals surface area contributed by atoms with Gasteiger partial charge in [-0.25, -0.2) is 0 Å². The summed E-state index contributed by atoms with van der Waals surface area (Å²) in [4.78, 5) is 0. The number of methoxy groups -OCH3 is 1. The lowest BCUT2D eigenvalue weighted by Gasteiger charge is -2.46. The molecule has 10 nitrogen and oxygen atoms in total. The van der Waals surface area contributed by atoms with Crippen molar-refractivity contribution in [1.82, 2.24) is 0 Å². The van der Waals surface area contributed by atoms with E-state index in [4.69, 9.17) is 18.9 Å². The zero-order chi connectivity index (χ0) is 18.7. The quantitative estimate of drug-likeness (QED) is 0.284. The predicted molar refractivity (Wildman–Crippen MR) is 81.2 cm³/mol. The summed E-state index contributed by atoms with van der Waals surface area (Å²) in [6.45, 7) is 0.861. The Kier molecular flexibility index (Phi) is 7.52. The van der Waals surface area contributed by atoms with E-state index in [0.717, 1.165) is 0 Å². The summed E-state index contributed by atoms with van der Waals surface area (Å²) >= 11 is 0. The van der Waals surface area contributed by atoms with Crippen molar-refractivity contribution in [3.8, 4) is 0 Å². The van der Waals surface area contributed by atoms with Gasteiger partial charge in [-0.2, -0.15) is 0 Å². The average molecular weight is 368 g/mol. The number of hydrogen-bond donors (Lipinski definition) is 6. The van der Waals surface area contributed by atoms with Crippen molar-refractivity contribution in [2.75, 3.05) is 20.3 Å². The molecule has 2 aliphatic rings. The number of ether oxygens (including phenoxy) is 4. The topological polar surface area (TPSA) is 158 Å². The zero-order valence-corrected chi connectivity index (χ0v) is 14.2. The third kappa shape index (κ3) is 4.14. The van der Waals surface area contributed by atoms with E-state index in [0.29, 0.717) is 6.42 Å². The fourth-order valence-corrected chi connectivity index (χ4v) is 3.35.